The third kappa shape index (κ3) is 1.69. The van der Waals surface area contributed by atoms with Crippen LogP contribution < -0.4 is 5.43 Å². The van der Waals surface area contributed by atoms with Crippen LogP contribution in [0.4, 0.5) is 0 Å². The monoisotopic (exact) mass is 322 g/mol. The zero-order valence-electron chi connectivity index (χ0n) is 11.9. The van der Waals surface area contributed by atoms with Crippen LogP contribution in [0.2, 0.25) is 0 Å². The number of hydrogen-bond donors (Lipinski definition) is 1. The highest BCUT2D eigenvalue weighted by atomic mass is 32.1. The van der Waals surface area contributed by atoms with Crippen molar-refractivity contribution >= 4 is 39.7 Å². The van der Waals surface area contributed by atoms with E-state index in [0.29, 0.717) is 29.1 Å². The maximum absolute atomic E-state index is 12.9. The summed E-state index contributed by atoms with van der Waals surface area (Å²) < 4.78 is 9.96. The molecule has 8 heteroatoms. The van der Waals surface area contributed by atoms with Crippen molar-refractivity contribution in [3.05, 3.63) is 25.4 Å². The summed E-state index contributed by atoms with van der Waals surface area (Å²) in [6.07, 6.45) is 0.633. The first-order chi connectivity index (χ1) is 9.89. The Morgan fingerprint density at radius 3 is 3.00 bits per heavy atom. The number of imidazole rings is 1. The van der Waals surface area contributed by atoms with Crippen molar-refractivity contribution in [3.8, 4) is 0 Å². The van der Waals surface area contributed by atoms with Gasteiger partial charge in [-0.1, -0.05) is 0 Å². The van der Waals surface area contributed by atoms with Crippen molar-refractivity contribution in [1.82, 2.24) is 19.2 Å². The Labute approximate surface area is 129 Å². The van der Waals surface area contributed by atoms with Gasteiger partial charge in [-0.2, -0.15) is 0 Å². The van der Waals surface area contributed by atoms with Crippen LogP contribution in [0, 0.1) is 4.77 Å². The van der Waals surface area contributed by atoms with Crippen LogP contribution in [-0.2, 0) is 24.8 Å². The molecular formula is C13H14N4O2S2. The van der Waals surface area contributed by atoms with E-state index in [1.54, 1.807) is 11.3 Å². The van der Waals surface area contributed by atoms with E-state index in [9.17, 15) is 4.79 Å². The third-order valence-electron chi connectivity index (χ3n) is 3.94. The first kappa shape index (κ1) is 13.2. The summed E-state index contributed by atoms with van der Waals surface area (Å²) in [6, 6.07) is 0. The van der Waals surface area contributed by atoms with Crippen molar-refractivity contribution in [2.45, 2.75) is 32.5 Å². The molecule has 0 bridgehead atoms. The van der Waals surface area contributed by atoms with Gasteiger partial charge in [-0.25, -0.2) is 9.50 Å². The highest BCUT2D eigenvalue weighted by molar-refractivity contribution is 7.71. The van der Waals surface area contributed by atoms with Gasteiger partial charge in [-0.05, 0) is 26.1 Å². The fraction of sp³-hybridized carbons (Fsp3) is 0.462. The Kier molecular flexibility index (Phi) is 2.52. The average Bonchev–Trinajstić information content (AvgIpc) is 2.92. The molecule has 4 rings (SSSR count). The lowest BCUT2D eigenvalue weighted by Gasteiger charge is -2.30. The molecule has 0 aromatic carbocycles. The third-order valence-corrected chi connectivity index (χ3v) is 5.39. The highest BCUT2D eigenvalue weighted by Gasteiger charge is 2.30. The molecule has 1 aliphatic heterocycles. The number of H-pyrrole nitrogens is 1. The fourth-order valence-corrected chi connectivity index (χ4v) is 4.38. The Hall–Kier alpha value is -1.51. The molecule has 110 valence electrons. The maximum atomic E-state index is 12.9. The topological polar surface area (TPSA) is 64.3 Å². The molecule has 0 saturated carbocycles. The summed E-state index contributed by atoms with van der Waals surface area (Å²) in [5, 5.41) is 6.97. The minimum atomic E-state index is -0.297. The predicted molar refractivity (Wildman–Crippen MR) is 83.6 cm³/mol. The molecule has 1 aliphatic rings. The smallest absolute Gasteiger partial charge is 0.235 e. The van der Waals surface area contributed by atoms with E-state index in [0.717, 1.165) is 15.3 Å². The molecule has 3 aromatic rings. The summed E-state index contributed by atoms with van der Waals surface area (Å²) in [6.45, 7) is 4.50. The van der Waals surface area contributed by atoms with E-state index in [1.807, 2.05) is 29.9 Å². The minimum Gasteiger partial charge on any atom is -0.370 e. The maximum Gasteiger partial charge on any atom is 0.235 e. The predicted octanol–water partition coefficient (Wildman–Crippen LogP) is 2.16. The molecular weight excluding hydrogens is 308 g/mol. The summed E-state index contributed by atoms with van der Waals surface area (Å²) in [7, 11) is 1.85. The lowest BCUT2D eigenvalue weighted by molar-refractivity contribution is -0.0386. The Morgan fingerprint density at radius 1 is 1.48 bits per heavy atom. The Bertz CT molecular complexity index is 1010. The molecule has 0 radical (unpaired) electrons. The summed E-state index contributed by atoms with van der Waals surface area (Å²) in [5.74, 6) is 0.658. The van der Waals surface area contributed by atoms with Crippen molar-refractivity contribution in [2.24, 2.45) is 7.05 Å². The van der Waals surface area contributed by atoms with Gasteiger partial charge in [0.2, 0.25) is 16.0 Å². The number of rotatable bonds is 0. The van der Waals surface area contributed by atoms with Crippen molar-refractivity contribution < 1.29 is 4.74 Å². The number of aromatic nitrogens is 4. The number of aryl methyl sites for hydroxylation is 1. The zero-order valence-corrected chi connectivity index (χ0v) is 13.5. The van der Waals surface area contributed by atoms with Gasteiger partial charge in [0, 0.05) is 23.9 Å². The standard InChI is InChI=1S/C13H14N4O2S2/c1-13(2)4-6-7(5-19-13)21-10-8(9(6)18)16(3)11-14-15-12(20)17(10)11/h4-5H2,1-3H3,(H,15,20). The number of aromatic amines is 1. The molecule has 0 aliphatic carbocycles. The molecule has 1 N–H and O–H groups in total. The molecule has 3 aromatic heterocycles. The molecule has 4 heterocycles. The number of fused-ring (bicyclic) bond motifs is 4. The highest BCUT2D eigenvalue weighted by Crippen LogP contribution is 2.32. The first-order valence-corrected chi connectivity index (χ1v) is 7.86. The van der Waals surface area contributed by atoms with E-state index < -0.39 is 0 Å². The zero-order chi connectivity index (χ0) is 14.9. The van der Waals surface area contributed by atoms with Crippen LogP contribution in [0.3, 0.4) is 0 Å². The van der Waals surface area contributed by atoms with Gasteiger partial charge >= 0.3 is 0 Å². The molecule has 0 saturated heterocycles. The molecule has 0 spiro atoms. The number of nitrogens with one attached hydrogen (secondary N) is 1. The number of ether oxygens (including phenoxy) is 1. The lowest BCUT2D eigenvalue weighted by atomic mass is 9.95. The van der Waals surface area contributed by atoms with Gasteiger partial charge in [-0.3, -0.25) is 4.79 Å². The molecule has 0 fully saturated rings. The van der Waals surface area contributed by atoms with Gasteiger partial charge in [0.15, 0.2) is 0 Å². The van der Waals surface area contributed by atoms with Gasteiger partial charge in [0.25, 0.3) is 0 Å². The van der Waals surface area contributed by atoms with Crippen LogP contribution in [-0.4, -0.2) is 24.8 Å². The summed E-state index contributed by atoms with van der Waals surface area (Å²) >= 11 is 6.83. The van der Waals surface area contributed by atoms with Gasteiger partial charge in [-0.15, -0.1) is 16.4 Å². The second kappa shape index (κ2) is 4.02. The minimum absolute atomic E-state index is 0.0672. The van der Waals surface area contributed by atoms with Gasteiger partial charge in [0.05, 0.1) is 12.2 Å². The van der Waals surface area contributed by atoms with E-state index in [-0.39, 0.29) is 11.0 Å². The van der Waals surface area contributed by atoms with E-state index >= 15 is 0 Å². The van der Waals surface area contributed by atoms with Crippen molar-refractivity contribution in [2.75, 3.05) is 0 Å². The second-order valence-corrected chi connectivity index (χ2v) is 7.41. The quantitative estimate of drug-likeness (QED) is 0.644. The summed E-state index contributed by atoms with van der Waals surface area (Å²) in [5.41, 5.74) is 1.30. The van der Waals surface area contributed by atoms with Crippen LogP contribution in [0.15, 0.2) is 4.79 Å². The molecule has 0 atom stereocenters. The van der Waals surface area contributed by atoms with Gasteiger partial charge < -0.3 is 9.30 Å². The molecule has 6 nitrogen and oxygen atoms in total. The van der Waals surface area contributed by atoms with Crippen LogP contribution in [0.25, 0.3) is 16.1 Å². The van der Waals surface area contributed by atoms with E-state index in [1.165, 1.54) is 0 Å². The largest absolute Gasteiger partial charge is 0.370 e. The molecule has 0 amide bonds. The molecule has 21 heavy (non-hydrogen) atoms. The average molecular weight is 322 g/mol. The second-order valence-electron chi connectivity index (χ2n) is 5.94. The SMILES string of the molecule is Cn1c2c(=O)c3c(sc2n2c(=S)[nH]nc12)COC(C)(C)C3. The lowest BCUT2D eigenvalue weighted by Crippen LogP contribution is -2.35. The van der Waals surface area contributed by atoms with Crippen molar-refractivity contribution in [1.29, 1.82) is 0 Å². The van der Waals surface area contributed by atoms with Crippen LogP contribution in [0.5, 0.6) is 0 Å². The first-order valence-electron chi connectivity index (χ1n) is 6.63. The number of hydrogen-bond acceptors (Lipinski definition) is 5. The Morgan fingerprint density at radius 2 is 2.24 bits per heavy atom. The summed E-state index contributed by atoms with van der Waals surface area (Å²) in [4.78, 5) is 14.7. The fourth-order valence-electron chi connectivity index (χ4n) is 2.87. The van der Waals surface area contributed by atoms with Crippen LogP contribution >= 0.6 is 23.6 Å². The van der Waals surface area contributed by atoms with E-state index in [4.69, 9.17) is 17.0 Å². The van der Waals surface area contributed by atoms with Crippen molar-refractivity contribution in [3.63, 3.8) is 0 Å². The van der Waals surface area contributed by atoms with Gasteiger partial charge in [0.1, 0.15) is 10.3 Å². The van der Waals surface area contributed by atoms with Crippen LogP contribution in [0.1, 0.15) is 24.3 Å². The number of nitrogens with zero attached hydrogens (tertiary/aromatic N) is 3. The Balaban J connectivity index is 2.19. The van der Waals surface area contributed by atoms with E-state index in [2.05, 4.69) is 10.2 Å². The normalized spacial score (nSPS) is 17.5. The molecule has 0 unspecified atom stereocenters.